The Morgan fingerprint density at radius 3 is 1.45 bits per heavy atom. The molecule has 4 heteroatoms. The summed E-state index contributed by atoms with van der Waals surface area (Å²) in [5, 5.41) is 5.68. The number of para-hydroxylation sites is 3. The first kappa shape index (κ1) is 34.0. The molecule has 3 aromatic heterocycles. The fourth-order valence-corrected chi connectivity index (χ4v) is 9.16. The van der Waals surface area contributed by atoms with E-state index in [1.807, 2.05) is 0 Å². The monoisotopic (exact) mass is 764 g/mol. The predicted octanol–water partition coefficient (Wildman–Crippen LogP) is 14.5. The summed E-state index contributed by atoms with van der Waals surface area (Å²) in [4.78, 5) is 10.9. The summed E-state index contributed by atoms with van der Waals surface area (Å²) in [7, 11) is 0. The van der Waals surface area contributed by atoms with Crippen molar-refractivity contribution in [3.05, 3.63) is 218 Å². The van der Waals surface area contributed by atoms with Gasteiger partial charge in [0.05, 0.1) is 33.3 Å². The van der Waals surface area contributed by atoms with Crippen molar-refractivity contribution in [2.45, 2.75) is 0 Å². The molecule has 0 aliphatic carbocycles. The van der Waals surface area contributed by atoms with E-state index in [4.69, 9.17) is 9.97 Å². The van der Waals surface area contributed by atoms with Gasteiger partial charge in [0.2, 0.25) is 5.95 Å². The van der Waals surface area contributed by atoms with E-state index >= 15 is 0 Å². The van der Waals surface area contributed by atoms with Crippen molar-refractivity contribution in [3.8, 4) is 56.3 Å². The Labute approximate surface area is 346 Å². The smallest absolute Gasteiger partial charge is 0.235 e. The predicted molar refractivity (Wildman–Crippen MR) is 250 cm³/mol. The third kappa shape index (κ3) is 5.46. The summed E-state index contributed by atoms with van der Waals surface area (Å²) in [6.45, 7) is 0. The molecular formula is C56H36N4. The van der Waals surface area contributed by atoms with Crippen molar-refractivity contribution < 1.29 is 0 Å². The van der Waals surface area contributed by atoms with E-state index in [1.165, 1.54) is 38.8 Å². The SMILES string of the molecule is c1ccc(-c2ccc(-c3nc(-n4c5ccccc5c5ccc6c(c7ccccc7n6-c6cc(-c7ccccc7)cc(-c7ccccc7)c6)c54)nc4ccccc34)cc2)cc1. The van der Waals surface area contributed by atoms with Crippen LogP contribution in [0.3, 0.4) is 0 Å². The fraction of sp³-hybridized carbons (Fsp3) is 0. The lowest BCUT2D eigenvalue weighted by molar-refractivity contribution is 1.02. The first-order valence-electron chi connectivity index (χ1n) is 20.4. The van der Waals surface area contributed by atoms with Crippen LogP contribution in [0.25, 0.3) is 111 Å². The molecule has 0 saturated carbocycles. The number of hydrogen-bond acceptors (Lipinski definition) is 2. The highest BCUT2D eigenvalue weighted by molar-refractivity contribution is 6.26. The Balaban J connectivity index is 1.15. The van der Waals surface area contributed by atoms with Crippen molar-refractivity contribution in [2.24, 2.45) is 0 Å². The molecule has 0 aliphatic heterocycles. The Hall–Kier alpha value is -8.08. The van der Waals surface area contributed by atoms with Gasteiger partial charge < -0.3 is 4.57 Å². The second-order valence-corrected chi connectivity index (χ2v) is 15.4. The van der Waals surface area contributed by atoms with Gasteiger partial charge in [-0.15, -0.1) is 0 Å². The number of benzene rings is 9. The summed E-state index contributed by atoms with van der Waals surface area (Å²) in [6.07, 6.45) is 0. The minimum Gasteiger partial charge on any atom is -0.309 e. The van der Waals surface area contributed by atoms with E-state index in [1.54, 1.807) is 0 Å². The van der Waals surface area contributed by atoms with Gasteiger partial charge in [0.1, 0.15) is 0 Å². The average Bonchev–Trinajstić information content (AvgIpc) is 3.85. The number of fused-ring (bicyclic) bond motifs is 8. The molecule has 0 atom stereocenters. The van der Waals surface area contributed by atoms with Crippen LogP contribution in [-0.2, 0) is 0 Å². The van der Waals surface area contributed by atoms with Crippen LogP contribution in [0.1, 0.15) is 0 Å². The molecule has 0 saturated heterocycles. The molecule has 3 heterocycles. The largest absolute Gasteiger partial charge is 0.309 e. The molecule has 0 unspecified atom stereocenters. The van der Waals surface area contributed by atoms with Gasteiger partial charge in [-0.1, -0.05) is 176 Å². The molecular weight excluding hydrogens is 729 g/mol. The van der Waals surface area contributed by atoms with Gasteiger partial charge in [-0.2, -0.15) is 0 Å². The lowest BCUT2D eigenvalue weighted by Gasteiger charge is -2.14. The summed E-state index contributed by atoms with van der Waals surface area (Å²) in [5.74, 6) is 0.642. The first-order chi connectivity index (χ1) is 29.8. The van der Waals surface area contributed by atoms with Gasteiger partial charge in [0, 0.05) is 38.2 Å². The maximum atomic E-state index is 5.50. The summed E-state index contributed by atoms with van der Waals surface area (Å²) in [5.41, 5.74) is 15.4. The molecule has 0 N–H and O–H groups in total. The molecule has 0 amide bonds. The Morgan fingerprint density at radius 1 is 0.300 bits per heavy atom. The van der Waals surface area contributed by atoms with Gasteiger partial charge in [0.25, 0.3) is 0 Å². The van der Waals surface area contributed by atoms with Crippen molar-refractivity contribution in [3.63, 3.8) is 0 Å². The fourth-order valence-electron chi connectivity index (χ4n) is 9.16. The minimum absolute atomic E-state index is 0.642. The molecule has 0 spiro atoms. The molecule has 0 fully saturated rings. The lowest BCUT2D eigenvalue weighted by atomic mass is 9.98. The highest BCUT2D eigenvalue weighted by Gasteiger charge is 2.23. The second-order valence-electron chi connectivity index (χ2n) is 15.4. The standard InChI is InChI=1S/C56H36N4/c1-4-16-37(17-5-1)40-28-30-41(31-29-40)54-47-23-10-13-25-49(47)57-56(58-54)60-50-26-14-11-22-45(50)46-32-33-52-53(55(46)60)48-24-12-15-27-51(48)59(52)44-35-42(38-18-6-2-7-19-38)34-43(36-44)39-20-8-3-9-21-39/h1-36H. The van der Waals surface area contributed by atoms with Crippen LogP contribution in [0.2, 0.25) is 0 Å². The van der Waals surface area contributed by atoms with E-state index in [9.17, 15) is 0 Å². The van der Waals surface area contributed by atoms with Crippen LogP contribution in [-0.4, -0.2) is 19.1 Å². The minimum atomic E-state index is 0.642. The summed E-state index contributed by atoms with van der Waals surface area (Å²) in [6, 6.07) is 78.0. The maximum Gasteiger partial charge on any atom is 0.235 e. The Bertz CT molecular complexity index is 3510. The molecule has 0 aliphatic rings. The van der Waals surface area contributed by atoms with Crippen molar-refractivity contribution in [1.82, 2.24) is 19.1 Å². The number of nitrogens with zero attached hydrogens (tertiary/aromatic N) is 4. The van der Waals surface area contributed by atoms with E-state index in [0.29, 0.717) is 5.95 Å². The topological polar surface area (TPSA) is 35.6 Å². The average molecular weight is 765 g/mol. The van der Waals surface area contributed by atoms with Crippen molar-refractivity contribution in [1.29, 1.82) is 0 Å². The molecule has 0 radical (unpaired) electrons. The molecule has 9 aromatic carbocycles. The van der Waals surface area contributed by atoms with Crippen LogP contribution in [0.15, 0.2) is 218 Å². The molecule has 4 nitrogen and oxygen atoms in total. The highest BCUT2D eigenvalue weighted by Crippen LogP contribution is 2.43. The zero-order valence-corrected chi connectivity index (χ0v) is 32.6. The van der Waals surface area contributed by atoms with Gasteiger partial charge in [0.15, 0.2) is 0 Å². The Kier molecular flexibility index (Phi) is 7.82. The second kappa shape index (κ2) is 13.8. The molecule has 60 heavy (non-hydrogen) atoms. The molecule has 0 bridgehead atoms. The quantitative estimate of drug-likeness (QED) is 0.169. The van der Waals surface area contributed by atoms with E-state index < -0.39 is 0 Å². The number of hydrogen-bond donors (Lipinski definition) is 0. The van der Waals surface area contributed by atoms with Crippen LogP contribution >= 0.6 is 0 Å². The Morgan fingerprint density at radius 2 is 0.800 bits per heavy atom. The van der Waals surface area contributed by atoms with Gasteiger partial charge in [-0.3, -0.25) is 4.57 Å². The summed E-state index contributed by atoms with van der Waals surface area (Å²) >= 11 is 0. The molecule has 280 valence electrons. The van der Waals surface area contributed by atoms with Crippen LogP contribution in [0.4, 0.5) is 0 Å². The summed E-state index contributed by atoms with van der Waals surface area (Å²) < 4.78 is 4.74. The van der Waals surface area contributed by atoms with Crippen molar-refractivity contribution >= 4 is 54.5 Å². The zero-order valence-electron chi connectivity index (χ0n) is 32.6. The van der Waals surface area contributed by atoms with Crippen LogP contribution in [0, 0.1) is 0 Å². The first-order valence-corrected chi connectivity index (χ1v) is 20.4. The van der Waals surface area contributed by atoms with Crippen LogP contribution in [0.5, 0.6) is 0 Å². The van der Waals surface area contributed by atoms with E-state index in [2.05, 4.69) is 228 Å². The van der Waals surface area contributed by atoms with Gasteiger partial charge in [-0.05, 0) is 75.8 Å². The molecule has 12 aromatic rings. The van der Waals surface area contributed by atoms with Crippen LogP contribution < -0.4 is 0 Å². The number of rotatable bonds is 6. The maximum absolute atomic E-state index is 5.50. The highest BCUT2D eigenvalue weighted by atomic mass is 15.2. The van der Waals surface area contributed by atoms with Gasteiger partial charge >= 0.3 is 0 Å². The van der Waals surface area contributed by atoms with E-state index in [-0.39, 0.29) is 0 Å². The lowest BCUT2D eigenvalue weighted by Crippen LogP contribution is -2.03. The van der Waals surface area contributed by atoms with Gasteiger partial charge in [-0.25, -0.2) is 9.97 Å². The third-order valence-electron chi connectivity index (χ3n) is 11.9. The third-order valence-corrected chi connectivity index (χ3v) is 11.9. The molecule has 12 rings (SSSR count). The normalized spacial score (nSPS) is 11.7. The van der Waals surface area contributed by atoms with Crippen molar-refractivity contribution in [2.75, 3.05) is 0 Å². The zero-order chi connectivity index (χ0) is 39.6. The number of aromatic nitrogens is 4. The van der Waals surface area contributed by atoms with E-state index in [0.717, 1.165) is 66.1 Å².